The number of likely N-dealkylation sites (N-methyl/N-ethyl adjacent to an activating group) is 1. The summed E-state index contributed by atoms with van der Waals surface area (Å²) in [7, 11) is 1.71. The summed E-state index contributed by atoms with van der Waals surface area (Å²) in [6.07, 6.45) is 0.246. The fourth-order valence-electron chi connectivity index (χ4n) is 1.83. The first-order chi connectivity index (χ1) is 9.61. The highest BCUT2D eigenvalue weighted by atomic mass is 35.5. The standard InChI is InChI=1S/C16H13ClN2O/c1-19(14-8-6-12(11-18)7-9-14)16(20)10-13-4-2-3-5-15(13)17/h2-9H,10H2,1H3. The van der Waals surface area contributed by atoms with E-state index in [0.717, 1.165) is 11.3 Å². The van der Waals surface area contributed by atoms with E-state index in [9.17, 15) is 4.79 Å². The minimum Gasteiger partial charge on any atom is -0.315 e. The quantitative estimate of drug-likeness (QED) is 0.867. The van der Waals surface area contributed by atoms with Gasteiger partial charge in [-0.1, -0.05) is 29.8 Å². The molecule has 0 aliphatic rings. The molecule has 0 spiro atoms. The maximum atomic E-state index is 12.2. The van der Waals surface area contributed by atoms with Crippen molar-refractivity contribution in [2.45, 2.75) is 6.42 Å². The van der Waals surface area contributed by atoms with Gasteiger partial charge in [-0.05, 0) is 35.9 Å². The molecule has 3 nitrogen and oxygen atoms in total. The van der Waals surface area contributed by atoms with Crippen LogP contribution in [0.5, 0.6) is 0 Å². The molecule has 2 aromatic rings. The average Bonchev–Trinajstić information content (AvgIpc) is 2.49. The van der Waals surface area contributed by atoms with Crippen molar-refractivity contribution < 1.29 is 4.79 Å². The normalized spacial score (nSPS) is 9.85. The lowest BCUT2D eigenvalue weighted by Gasteiger charge is -2.17. The monoisotopic (exact) mass is 284 g/mol. The molecular formula is C16H13ClN2O. The molecule has 2 aromatic carbocycles. The van der Waals surface area contributed by atoms with Gasteiger partial charge in [0.05, 0.1) is 18.1 Å². The largest absolute Gasteiger partial charge is 0.315 e. The van der Waals surface area contributed by atoms with Crippen LogP contribution in [0.2, 0.25) is 5.02 Å². The first-order valence-electron chi connectivity index (χ1n) is 6.12. The molecule has 1 amide bonds. The SMILES string of the molecule is CN(C(=O)Cc1ccccc1Cl)c1ccc(C#N)cc1. The van der Waals surface area contributed by atoms with Crippen molar-refractivity contribution >= 4 is 23.2 Å². The predicted octanol–water partition coefficient (Wildman–Crippen LogP) is 3.42. The van der Waals surface area contributed by atoms with Gasteiger partial charge >= 0.3 is 0 Å². The van der Waals surface area contributed by atoms with Gasteiger partial charge in [0, 0.05) is 17.8 Å². The Bertz CT molecular complexity index is 659. The second kappa shape index (κ2) is 6.23. The van der Waals surface area contributed by atoms with E-state index in [1.165, 1.54) is 0 Å². The average molecular weight is 285 g/mol. The van der Waals surface area contributed by atoms with Crippen molar-refractivity contribution in [1.29, 1.82) is 5.26 Å². The number of hydrogen-bond acceptors (Lipinski definition) is 2. The maximum Gasteiger partial charge on any atom is 0.231 e. The summed E-state index contributed by atoms with van der Waals surface area (Å²) in [5.41, 5.74) is 2.13. The molecule has 0 atom stereocenters. The van der Waals surface area contributed by atoms with Gasteiger partial charge in [-0.25, -0.2) is 0 Å². The summed E-state index contributed by atoms with van der Waals surface area (Å²) in [4.78, 5) is 13.8. The number of carbonyl (C=O) groups is 1. The Hall–Kier alpha value is -2.31. The van der Waals surface area contributed by atoms with Crippen molar-refractivity contribution in [2.75, 3.05) is 11.9 Å². The van der Waals surface area contributed by atoms with E-state index in [4.69, 9.17) is 16.9 Å². The third-order valence-corrected chi connectivity index (χ3v) is 3.43. The summed E-state index contributed by atoms with van der Waals surface area (Å²) in [6, 6.07) is 16.2. The third kappa shape index (κ3) is 3.17. The van der Waals surface area contributed by atoms with Crippen LogP contribution in [-0.2, 0) is 11.2 Å². The van der Waals surface area contributed by atoms with Gasteiger partial charge in [0.1, 0.15) is 0 Å². The number of benzene rings is 2. The molecule has 0 fully saturated rings. The highest BCUT2D eigenvalue weighted by Gasteiger charge is 2.13. The molecule has 4 heteroatoms. The molecule has 0 saturated carbocycles. The molecule has 0 aromatic heterocycles. The molecule has 100 valence electrons. The topological polar surface area (TPSA) is 44.1 Å². The van der Waals surface area contributed by atoms with Gasteiger partial charge in [0.2, 0.25) is 5.91 Å². The molecular weight excluding hydrogens is 272 g/mol. The lowest BCUT2D eigenvalue weighted by Crippen LogP contribution is -2.27. The first kappa shape index (κ1) is 14.1. The number of carbonyl (C=O) groups excluding carboxylic acids is 1. The summed E-state index contributed by atoms with van der Waals surface area (Å²) >= 11 is 6.05. The van der Waals surface area contributed by atoms with Gasteiger partial charge in [0.15, 0.2) is 0 Å². The van der Waals surface area contributed by atoms with Crippen LogP contribution in [0.25, 0.3) is 0 Å². The van der Waals surface area contributed by atoms with E-state index in [-0.39, 0.29) is 12.3 Å². The summed E-state index contributed by atoms with van der Waals surface area (Å²) in [5.74, 6) is -0.0530. The molecule has 0 saturated heterocycles. The molecule has 0 aliphatic carbocycles. The molecule has 20 heavy (non-hydrogen) atoms. The molecule has 2 rings (SSSR count). The van der Waals surface area contributed by atoms with E-state index < -0.39 is 0 Å². The van der Waals surface area contributed by atoms with Crippen molar-refractivity contribution in [3.8, 4) is 6.07 Å². The fraction of sp³-hybridized carbons (Fsp3) is 0.125. The maximum absolute atomic E-state index is 12.2. The molecule has 0 N–H and O–H groups in total. The van der Waals surface area contributed by atoms with E-state index in [0.29, 0.717) is 10.6 Å². The number of anilines is 1. The second-order valence-corrected chi connectivity index (χ2v) is 4.79. The second-order valence-electron chi connectivity index (χ2n) is 4.38. The zero-order valence-electron chi connectivity index (χ0n) is 11.0. The Morgan fingerprint density at radius 3 is 2.45 bits per heavy atom. The van der Waals surface area contributed by atoms with Crippen LogP contribution in [0, 0.1) is 11.3 Å². The van der Waals surface area contributed by atoms with Crippen LogP contribution in [0.15, 0.2) is 48.5 Å². The third-order valence-electron chi connectivity index (χ3n) is 3.06. The van der Waals surface area contributed by atoms with Gasteiger partial charge in [-0.2, -0.15) is 5.26 Å². The number of hydrogen-bond donors (Lipinski definition) is 0. The van der Waals surface area contributed by atoms with E-state index in [1.54, 1.807) is 42.3 Å². The molecule has 0 bridgehead atoms. The highest BCUT2D eigenvalue weighted by Crippen LogP contribution is 2.19. The molecule has 0 unspecified atom stereocenters. The van der Waals surface area contributed by atoms with Gasteiger partial charge < -0.3 is 4.90 Å². The zero-order chi connectivity index (χ0) is 14.5. The lowest BCUT2D eigenvalue weighted by molar-refractivity contribution is -0.117. The smallest absolute Gasteiger partial charge is 0.231 e. The van der Waals surface area contributed by atoms with Gasteiger partial charge in [-0.3, -0.25) is 4.79 Å². The number of amides is 1. The summed E-state index contributed by atoms with van der Waals surface area (Å²) in [5, 5.41) is 9.35. The van der Waals surface area contributed by atoms with Crippen molar-refractivity contribution in [3.05, 3.63) is 64.7 Å². The van der Waals surface area contributed by atoms with Gasteiger partial charge in [-0.15, -0.1) is 0 Å². The van der Waals surface area contributed by atoms with Crippen molar-refractivity contribution in [2.24, 2.45) is 0 Å². The predicted molar refractivity (Wildman–Crippen MR) is 79.7 cm³/mol. The van der Waals surface area contributed by atoms with Crippen molar-refractivity contribution in [3.63, 3.8) is 0 Å². The fourth-order valence-corrected chi connectivity index (χ4v) is 2.03. The lowest BCUT2D eigenvalue weighted by atomic mass is 10.1. The number of rotatable bonds is 3. The van der Waals surface area contributed by atoms with Crippen LogP contribution in [0.4, 0.5) is 5.69 Å². The van der Waals surface area contributed by atoms with E-state index in [1.807, 2.05) is 24.3 Å². The minimum absolute atomic E-state index is 0.0530. The highest BCUT2D eigenvalue weighted by molar-refractivity contribution is 6.31. The summed E-state index contributed by atoms with van der Waals surface area (Å²) < 4.78 is 0. The van der Waals surface area contributed by atoms with Crippen molar-refractivity contribution in [1.82, 2.24) is 0 Å². The number of nitriles is 1. The minimum atomic E-state index is -0.0530. The Labute approximate surface area is 123 Å². The summed E-state index contributed by atoms with van der Waals surface area (Å²) in [6.45, 7) is 0. The van der Waals surface area contributed by atoms with Crippen LogP contribution in [-0.4, -0.2) is 13.0 Å². The first-order valence-corrected chi connectivity index (χ1v) is 6.49. The van der Waals surface area contributed by atoms with Crippen LogP contribution in [0.1, 0.15) is 11.1 Å². The van der Waals surface area contributed by atoms with Crippen LogP contribution < -0.4 is 4.90 Å². The molecule has 0 radical (unpaired) electrons. The van der Waals surface area contributed by atoms with Crippen LogP contribution in [0.3, 0.4) is 0 Å². The van der Waals surface area contributed by atoms with Gasteiger partial charge in [0.25, 0.3) is 0 Å². The van der Waals surface area contributed by atoms with E-state index in [2.05, 4.69) is 0 Å². The Morgan fingerprint density at radius 2 is 1.85 bits per heavy atom. The Morgan fingerprint density at radius 1 is 1.20 bits per heavy atom. The van der Waals surface area contributed by atoms with E-state index >= 15 is 0 Å². The molecule has 0 aliphatic heterocycles. The number of halogens is 1. The Balaban J connectivity index is 2.12. The molecule has 0 heterocycles. The number of nitrogens with zero attached hydrogens (tertiary/aromatic N) is 2. The van der Waals surface area contributed by atoms with Crippen LogP contribution >= 0.6 is 11.6 Å². The Kier molecular flexibility index (Phi) is 4.39. The zero-order valence-corrected chi connectivity index (χ0v) is 11.8.